The molecule has 144 valence electrons. The van der Waals surface area contributed by atoms with Crippen molar-refractivity contribution in [2.24, 2.45) is 0 Å². The smallest absolute Gasteiger partial charge is 0.342 e. The number of pyridine rings is 1. The highest BCUT2D eigenvalue weighted by Gasteiger charge is 2.31. The van der Waals surface area contributed by atoms with E-state index < -0.39 is 11.7 Å². The van der Waals surface area contributed by atoms with E-state index >= 15 is 0 Å². The van der Waals surface area contributed by atoms with Crippen LogP contribution in [0.2, 0.25) is 5.02 Å². The van der Waals surface area contributed by atoms with Gasteiger partial charge in [0.05, 0.1) is 16.3 Å². The van der Waals surface area contributed by atoms with E-state index in [-0.39, 0.29) is 16.8 Å². The van der Waals surface area contributed by atoms with E-state index in [4.69, 9.17) is 23.8 Å². The molecule has 1 fully saturated rings. The molecule has 0 saturated heterocycles. The fraction of sp³-hybridized carbons (Fsp3) is 0.368. The molecule has 0 unspecified atom stereocenters. The average Bonchev–Trinajstić information content (AvgIpc) is 3.15. The van der Waals surface area contributed by atoms with Gasteiger partial charge >= 0.3 is 6.18 Å². The minimum Gasteiger partial charge on any atom is -0.342 e. The van der Waals surface area contributed by atoms with Crippen molar-refractivity contribution in [2.75, 3.05) is 5.32 Å². The molecule has 1 aromatic heterocycles. The molecule has 1 heterocycles. The monoisotopic (exact) mass is 413 g/mol. The fourth-order valence-corrected chi connectivity index (χ4v) is 3.74. The van der Waals surface area contributed by atoms with Crippen LogP contribution in [0.4, 0.5) is 18.9 Å². The van der Waals surface area contributed by atoms with Gasteiger partial charge in [0.25, 0.3) is 0 Å². The zero-order valence-electron chi connectivity index (χ0n) is 14.5. The highest BCUT2D eigenvalue weighted by Crippen LogP contribution is 2.34. The number of anilines is 1. The molecule has 2 aromatic rings. The quantitative estimate of drug-likeness (QED) is 0.632. The summed E-state index contributed by atoms with van der Waals surface area (Å²) in [4.78, 5) is 6.05. The summed E-state index contributed by atoms with van der Waals surface area (Å²) in [5.41, 5.74) is 0.434. The van der Waals surface area contributed by atoms with E-state index in [1.54, 1.807) is 12.4 Å². The van der Waals surface area contributed by atoms with Crippen LogP contribution >= 0.6 is 23.8 Å². The van der Waals surface area contributed by atoms with Crippen LogP contribution in [0.3, 0.4) is 0 Å². The Balaban J connectivity index is 1.82. The van der Waals surface area contributed by atoms with Gasteiger partial charge in [-0.1, -0.05) is 24.4 Å². The number of benzene rings is 1. The maximum atomic E-state index is 13.0. The van der Waals surface area contributed by atoms with E-state index in [1.807, 2.05) is 17.0 Å². The summed E-state index contributed by atoms with van der Waals surface area (Å²) < 4.78 is 39.0. The van der Waals surface area contributed by atoms with Crippen LogP contribution in [0.1, 0.15) is 36.8 Å². The number of halogens is 4. The van der Waals surface area contributed by atoms with Crippen LogP contribution in [-0.2, 0) is 12.7 Å². The number of hydrogen-bond acceptors (Lipinski definition) is 2. The Bertz CT molecular complexity index is 793. The van der Waals surface area contributed by atoms with Gasteiger partial charge < -0.3 is 10.2 Å². The van der Waals surface area contributed by atoms with E-state index in [0.717, 1.165) is 43.4 Å². The number of hydrogen-bond donors (Lipinski definition) is 1. The van der Waals surface area contributed by atoms with Crippen LogP contribution in [0, 0.1) is 0 Å². The van der Waals surface area contributed by atoms with Crippen LogP contribution in [0.15, 0.2) is 42.7 Å². The Kier molecular flexibility index (Phi) is 6.22. The van der Waals surface area contributed by atoms with E-state index in [2.05, 4.69) is 10.3 Å². The zero-order valence-corrected chi connectivity index (χ0v) is 16.0. The summed E-state index contributed by atoms with van der Waals surface area (Å²) in [6.07, 6.45) is 3.22. The summed E-state index contributed by atoms with van der Waals surface area (Å²) >= 11 is 11.6. The van der Waals surface area contributed by atoms with Gasteiger partial charge in [0.15, 0.2) is 5.11 Å². The Hall–Kier alpha value is -1.86. The molecule has 27 heavy (non-hydrogen) atoms. The van der Waals surface area contributed by atoms with Gasteiger partial charge in [-0.25, -0.2) is 0 Å². The molecule has 1 aliphatic rings. The first-order valence-electron chi connectivity index (χ1n) is 8.68. The van der Waals surface area contributed by atoms with Crippen LogP contribution in [-0.4, -0.2) is 21.0 Å². The minimum atomic E-state index is -4.44. The summed E-state index contributed by atoms with van der Waals surface area (Å²) in [5.74, 6) is 0. The Morgan fingerprint density at radius 2 is 1.85 bits per heavy atom. The second-order valence-electron chi connectivity index (χ2n) is 6.54. The first kappa shape index (κ1) is 19.9. The molecular formula is C19H19ClF3N3S. The van der Waals surface area contributed by atoms with Crippen molar-refractivity contribution in [2.45, 2.75) is 44.4 Å². The maximum Gasteiger partial charge on any atom is 0.416 e. The summed E-state index contributed by atoms with van der Waals surface area (Å²) in [7, 11) is 0. The van der Waals surface area contributed by atoms with Gasteiger partial charge in [-0.2, -0.15) is 13.2 Å². The molecular weight excluding hydrogens is 395 g/mol. The van der Waals surface area contributed by atoms with Crippen molar-refractivity contribution < 1.29 is 13.2 Å². The van der Waals surface area contributed by atoms with Gasteiger partial charge in [0.2, 0.25) is 0 Å². The topological polar surface area (TPSA) is 28.2 Å². The highest BCUT2D eigenvalue weighted by molar-refractivity contribution is 7.80. The molecule has 1 N–H and O–H groups in total. The summed E-state index contributed by atoms with van der Waals surface area (Å²) in [5, 5.41) is 3.50. The Morgan fingerprint density at radius 1 is 1.19 bits per heavy atom. The van der Waals surface area contributed by atoms with E-state index in [9.17, 15) is 13.2 Å². The lowest BCUT2D eigenvalue weighted by Gasteiger charge is -2.32. The van der Waals surface area contributed by atoms with Crippen LogP contribution < -0.4 is 5.32 Å². The highest BCUT2D eigenvalue weighted by atomic mass is 35.5. The van der Waals surface area contributed by atoms with Gasteiger partial charge in [-0.15, -0.1) is 0 Å². The van der Waals surface area contributed by atoms with Gasteiger partial charge in [0, 0.05) is 25.0 Å². The molecule has 1 aliphatic carbocycles. The molecule has 3 nitrogen and oxygen atoms in total. The molecule has 1 saturated carbocycles. The summed E-state index contributed by atoms with van der Waals surface area (Å²) in [6.45, 7) is 0.565. The van der Waals surface area contributed by atoms with Crippen molar-refractivity contribution in [3.8, 4) is 0 Å². The summed E-state index contributed by atoms with van der Waals surface area (Å²) in [6, 6.07) is 7.25. The fourth-order valence-electron chi connectivity index (χ4n) is 3.25. The number of rotatable bonds is 4. The standard InChI is InChI=1S/C19H19ClF3N3S/c20-16-6-5-14(19(21,22)23)11-17(16)25-18(27)26(15-3-1-2-4-15)12-13-7-9-24-10-8-13/h5-11,15H,1-4,12H2,(H,25,27). The first-order chi connectivity index (χ1) is 12.8. The first-order valence-corrected chi connectivity index (χ1v) is 9.46. The van der Waals surface area contributed by atoms with Gasteiger partial charge in [-0.3, -0.25) is 4.98 Å². The second-order valence-corrected chi connectivity index (χ2v) is 7.34. The number of nitrogens with zero attached hydrogens (tertiary/aromatic N) is 2. The number of thiocarbonyl (C=S) groups is 1. The molecule has 1 aromatic carbocycles. The molecule has 8 heteroatoms. The van der Waals surface area contributed by atoms with E-state index in [0.29, 0.717) is 11.7 Å². The molecule has 3 rings (SSSR count). The van der Waals surface area contributed by atoms with Crippen molar-refractivity contribution >= 4 is 34.6 Å². The SMILES string of the molecule is FC(F)(F)c1ccc(Cl)c(NC(=S)N(Cc2ccncc2)C2CCCC2)c1. The van der Waals surface area contributed by atoms with Crippen LogP contribution in [0.25, 0.3) is 0 Å². The van der Waals surface area contributed by atoms with Crippen molar-refractivity contribution in [1.29, 1.82) is 0 Å². The third kappa shape index (κ3) is 5.11. The van der Waals surface area contributed by atoms with E-state index in [1.165, 1.54) is 6.07 Å². The number of nitrogens with one attached hydrogen (secondary N) is 1. The lowest BCUT2D eigenvalue weighted by atomic mass is 10.1. The molecule has 0 atom stereocenters. The lowest BCUT2D eigenvalue weighted by molar-refractivity contribution is -0.137. The zero-order chi connectivity index (χ0) is 19.4. The molecule has 0 bridgehead atoms. The molecule has 0 amide bonds. The van der Waals surface area contributed by atoms with Crippen molar-refractivity contribution in [3.63, 3.8) is 0 Å². The van der Waals surface area contributed by atoms with Gasteiger partial charge in [0.1, 0.15) is 0 Å². The van der Waals surface area contributed by atoms with Crippen LogP contribution in [0.5, 0.6) is 0 Å². The maximum absolute atomic E-state index is 13.0. The Morgan fingerprint density at radius 3 is 2.48 bits per heavy atom. The Labute approximate surface area is 166 Å². The van der Waals surface area contributed by atoms with Crippen molar-refractivity contribution in [3.05, 3.63) is 58.9 Å². The predicted molar refractivity (Wildman–Crippen MR) is 105 cm³/mol. The molecule has 0 radical (unpaired) electrons. The third-order valence-electron chi connectivity index (χ3n) is 4.66. The minimum absolute atomic E-state index is 0.161. The largest absolute Gasteiger partial charge is 0.416 e. The van der Waals surface area contributed by atoms with Gasteiger partial charge in [-0.05, 0) is 61.0 Å². The lowest BCUT2D eigenvalue weighted by Crippen LogP contribution is -2.41. The average molecular weight is 414 g/mol. The number of aromatic nitrogens is 1. The molecule has 0 aliphatic heterocycles. The molecule has 0 spiro atoms. The van der Waals surface area contributed by atoms with Crippen molar-refractivity contribution in [1.82, 2.24) is 9.88 Å². The third-order valence-corrected chi connectivity index (χ3v) is 5.33. The second kappa shape index (κ2) is 8.44. The number of alkyl halides is 3. The predicted octanol–water partition coefficient (Wildman–Crippen LogP) is 5.90. The normalized spacial score (nSPS) is 15.0.